The van der Waals surface area contributed by atoms with Crippen molar-refractivity contribution in [2.45, 2.75) is 244 Å². The molecule has 0 fully saturated rings. The number of esters is 2. The molecule has 0 rings (SSSR count). The number of hydrogen-bond acceptors (Lipinski definition) is 7. The van der Waals surface area contributed by atoms with Gasteiger partial charge in [0.1, 0.15) is 12.6 Å². The molecular formula is C57H101NO7. The van der Waals surface area contributed by atoms with Crippen LogP contribution in [0.3, 0.4) is 0 Å². The van der Waals surface area contributed by atoms with Crippen molar-refractivity contribution < 1.29 is 38.2 Å². The van der Waals surface area contributed by atoms with Crippen LogP contribution in [0, 0.1) is 0 Å². The molecule has 0 N–H and O–H groups in total. The Morgan fingerprint density at radius 1 is 0.477 bits per heavy atom. The van der Waals surface area contributed by atoms with E-state index in [2.05, 4.69) is 74.6 Å². The third-order valence-electron chi connectivity index (χ3n) is 11.9. The van der Waals surface area contributed by atoms with Gasteiger partial charge >= 0.3 is 11.9 Å². The largest absolute Gasteiger partial charge is 0.544 e. The predicted octanol–water partition coefficient (Wildman–Crippen LogP) is 14.4. The number of carbonyl (C=O) groups is 3. The Kier molecular flexibility index (Phi) is 45.3. The molecule has 0 aromatic rings. The van der Waals surface area contributed by atoms with Crippen molar-refractivity contribution in [2.24, 2.45) is 0 Å². The highest BCUT2D eigenvalue weighted by molar-refractivity contribution is 5.70. The summed E-state index contributed by atoms with van der Waals surface area (Å²) in [6.45, 7) is 4.56. The molecule has 0 aromatic carbocycles. The molecule has 0 saturated heterocycles. The lowest BCUT2D eigenvalue weighted by molar-refractivity contribution is -0.889. The monoisotopic (exact) mass is 912 g/mol. The molecule has 0 spiro atoms. The lowest BCUT2D eigenvalue weighted by Gasteiger charge is -2.34. The topological polar surface area (TPSA) is 102 Å². The molecule has 0 bridgehead atoms. The molecular weight excluding hydrogens is 811 g/mol. The molecule has 0 amide bonds. The Labute approximate surface area is 400 Å². The summed E-state index contributed by atoms with van der Waals surface area (Å²) in [4.78, 5) is 37.1. The van der Waals surface area contributed by atoms with Crippen molar-refractivity contribution >= 4 is 17.9 Å². The highest BCUT2D eigenvalue weighted by Gasteiger charge is 2.25. The number of carboxylic acids is 1. The van der Waals surface area contributed by atoms with Crippen molar-refractivity contribution in [2.75, 3.05) is 41.0 Å². The maximum absolute atomic E-state index is 12.8. The van der Waals surface area contributed by atoms with Crippen LogP contribution in [0.25, 0.3) is 0 Å². The number of unbranched alkanes of at least 4 members (excludes halogenated alkanes) is 24. The van der Waals surface area contributed by atoms with E-state index in [4.69, 9.17) is 14.2 Å². The van der Waals surface area contributed by atoms with Gasteiger partial charge in [-0.2, -0.15) is 0 Å². The maximum atomic E-state index is 12.8. The molecule has 65 heavy (non-hydrogen) atoms. The number of aliphatic carboxylic acids is 1. The standard InChI is InChI=1S/C57H101NO7/c1-6-8-10-12-14-16-18-20-22-24-26-27-28-29-30-32-33-35-37-39-41-43-45-47-55(59)64-52-53(51-63-50-49-54(57(61)62)58(3,4)5)65-56(60)48-46-44-42-40-38-36-34-31-25-23-21-19-17-15-13-11-9-7-2/h8,10,14,16,20,22,26-27,31,34,53-54H,6-7,9,11-13,15,17-19,21,23-25,28-30,32-33,35-52H2,1-5H3/b10-8+,16-14+,22-20+,27-26+,34-31+. The van der Waals surface area contributed by atoms with Crippen LogP contribution in [0.2, 0.25) is 0 Å². The van der Waals surface area contributed by atoms with Gasteiger partial charge in [0, 0.05) is 19.3 Å². The molecule has 0 aliphatic carbocycles. The zero-order valence-corrected chi connectivity index (χ0v) is 42.9. The van der Waals surface area contributed by atoms with Gasteiger partial charge in [-0.25, -0.2) is 0 Å². The minimum Gasteiger partial charge on any atom is -0.544 e. The van der Waals surface area contributed by atoms with E-state index in [-0.39, 0.29) is 42.7 Å². The van der Waals surface area contributed by atoms with E-state index in [1.807, 2.05) is 0 Å². The van der Waals surface area contributed by atoms with E-state index in [1.165, 1.54) is 122 Å². The van der Waals surface area contributed by atoms with Gasteiger partial charge in [0.25, 0.3) is 0 Å². The number of rotatable bonds is 48. The lowest BCUT2D eigenvalue weighted by Crippen LogP contribution is -2.55. The fourth-order valence-corrected chi connectivity index (χ4v) is 7.76. The Bertz CT molecular complexity index is 1250. The predicted molar refractivity (Wildman–Crippen MR) is 273 cm³/mol. The van der Waals surface area contributed by atoms with Crippen LogP contribution in [0.15, 0.2) is 60.8 Å². The molecule has 376 valence electrons. The molecule has 2 unspecified atom stereocenters. The number of ether oxygens (including phenoxy) is 3. The normalized spacial score (nSPS) is 13.3. The van der Waals surface area contributed by atoms with Crippen LogP contribution in [0.5, 0.6) is 0 Å². The summed E-state index contributed by atoms with van der Waals surface area (Å²) in [7, 11) is 5.41. The number of carbonyl (C=O) groups excluding carboxylic acids is 3. The first-order valence-corrected chi connectivity index (χ1v) is 26.8. The summed E-state index contributed by atoms with van der Waals surface area (Å²) in [6, 6.07) is -0.730. The second-order valence-electron chi connectivity index (χ2n) is 19.1. The first kappa shape index (κ1) is 62.0. The van der Waals surface area contributed by atoms with E-state index < -0.39 is 18.1 Å². The molecule has 0 aliphatic rings. The average molecular weight is 912 g/mol. The highest BCUT2D eigenvalue weighted by Crippen LogP contribution is 2.15. The van der Waals surface area contributed by atoms with Crippen LogP contribution < -0.4 is 5.11 Å². The second kappa shape index (κ2) is 47.5. The molecule has 8 heteroatoms. The maximum Gasteiger partial charge on any atom is 0.306 e. The summed E-state index contributed by atoms with van der Waals surface area (Å²) in [5.41, 5.74) is 0. The van der Waals surface area contributed by atoms with E-state index in [9.17, 15) is 19.5 Å². The Morgan fingerprint density at radius 2 is 0.862 bits per heavy atom. The van der Waals surface area contributed by atoms with Gasteiger partial charge in [0.05, 0.1) is 40.3 Å². The minimum absolute atomic E-state index is 0.0356. The highest BCUT2D eigenvalue weighted by atomic mass is 16.6. The summed E-state index contributed by atoms with van der Waals surface area (Å²) >= 11 is 0. The van der Waals surface area contributed by atoms with Crippen LogP contribution >= 0.6 is 0 Å². The Balaban J connectivity index is 4.22. The summed E-state index contributed by atoms with van der Waals surface area (Å²) < 4.78 is 17.3. The van der Waals surface area contributed by atoms with Crippen LogP contribution in [0.4, 0.5) is 0 Å². The number of quaternary nitrogens is 1. The third-order valence-corrected chi connectivity index (χ3v) is 11.9. The lowest BCUT2D eigenvalue weighted by atomic mass is 10.1. The van der Waals surface area contributed by atoms with Gasteiger partial charge in [-0.05, 0) is 77.0 Å². The average Bonchev–Trinajstić information content (AvgIpc) is 3.27. The fourth-order valence-electron chi connectivity index (χ4n) is 7.76. The zero-order valence-electron chi connectivity index (χ0n) is 42.9. The zero-order chi connectivity index (χ0) is 47.7. The summed E-state index contributed by atoms with van der Waals surface area (Å²) in [5, 5.41) is 11.7. The molecule has 2 atom stereocenters. The minimum atomic E-state index is -1.13. The molecule has 8 nitrogen and oxygen atoms in total. The number of likely N-dealkylation sites (N-methyl/N-ethyl adjacent to an activating group) is 1. The van der Waals surface area contributed by atoms with Crippen LogP contribution in [0.1, 0.15) is 232 Å². The Hall–Kier alpha value is -2.97. The summed E-state index contributed by atoms with van der Waals surface area (Å²) in [6.07, 6.45) is 59.7. The molecule has 0 saturated carbocycles. The van der Waals surface area contributed by atoms with Gasteiger partial charge in [0.15, 0.2) is 6.10 Å². The summed E-state index contributed by atoms with van der Waals surface area (Å²) in [5.74, 6) is -1.75. The number of hydrogen-bond donors (Lipinski definition) is 0. The molecule has 0 radical (unpaired) electrons. The van der Waals surface area contributed by atoms with E-state index in [0.29, 0.717) is 12.8 Å². The van der Waals surface area contributed by atoms with Gasteiger partial charge < -0.3 is 28.6 Å². The number of nitrogens with zero attached hydrogens (tertiary/aromatic N) is 1. The Morgan fingerprint density at radius 3 is 1.29 bits per heavy atom. The third kappa shape index (κ3) is 46.0. The van der Waals surface area contributed by atoms with Crippen LogP contribution in [-0.2, 0) is 28.6 Å². The first-order chi connectivity index (χ1) is 31.6. The SMILES string of the molecule is CC/C=C/C/C=C/C/C=C/C/C=C/CCCCCCCCCCCCC(=O)OCC(COCCC(C(=O)[O-])[N+](C)(C)C)OC(=O)CCCCCCC/C=C/CCCCCCCCCCC. The number of carboxylic acid groups (broad SMARTS) is 1. The molecule has 0 aromatic heterocycles. The van der Waals surface area contributed by atoms with Gasteiger partial charge in [0.2, 0.25) is 0 Å². The van der Waals surface area contributed by atoms with Gasteiger partial charge in [-0.1, -0.05) is 197 Å². The van der Waals surface area contributed by atoms with Crippen molar-refractivity contribution in [3.63, 3.8) is 0 Å². The van der Waals surface area contributed by atoms with E-state index in [1.54, 1.807) is 21.1 Å². The second-order valence-corrected chi connectivity index (χ2v) is 19.1. The van der Waals surface area contributed by atoms with Gasteiger partial charge in [-0.15, -0.1) is 0 Å². The quantitative estimate of drug-likeness (QED) is 0.0259. The molecule has 0 aliphatic heterocycles. The molecule has 0 heterocycles. The van der Waals surface area contributed by atoms with Crippen molar-refractivity contribution in [3.8, 4) is 0 Å². The fraction of sp³-hybridized carbons (Fsp3) is 0.772. The van der Waals surface area contributed by atoms with E-state index in [0.717, 1.165) is 77.0 Å². The van der Waals surface area contributed by atoms with Crippen molar-refractivity contribution in [3.05, 3.63) is 60.8 Å². The van der Waals surface area contributed by atoms with Crippen LogP contribution in [-0.4, -0.2) is 75.5 Å². The smallest absolute Gasteiger partial charge is 0.306 e. The van der Waals surface area contributed by atoms with E-state index >= 15 is 0 Å². The van der Waals surface area contributed by atoms with Gasteiger partial charge in [-0.3, -0.25) is 9.59 Å². The number of allylic oxidation sites excluding steroid dienone is 10. The first-order valence-electron chi connectivity index (χ1n) is 26.8. The van der Waals surface area contributed by atoms with Crippen molar-refractivity contribution in [1.82, 2.24) is 0 Å². The van der Waals surface area contributed by atoms with Crippen molar-refractivity contribution in [1.29, 1.82) is 0 Å².